The largest absolute Gasteiger partial charge is 0.354 e. The van der Waals surface area contributed by atoms with Crippen molar-refractivity contribution in [2.75, 3.05) is 49.5 Å². The molecule has 0 unspecified atom stereocenters. The number of rotatable bonds is 4. The molecule has 0 atom stereocenters. The second-order valence-corrected chi connectivity index (χ2v) is 6.54. The van der Waals surface area contributed by atoms with E-state index in [2.05, 4.69) is 54.4 Å². The first kappa shape index (κ1) is 16.2. The molecule has 0 amide bonds. The smallest absolute Gasteiger partial charge is 0.227 e. The van der Waals surface area contributed by atoms with Crippen LogP contribution in [0.15, 0.2) is 24.5 Å². The van der Waals surface area contributed by atoms with Gasteiger partial charge < -0.3 is 20.4 Å². The fourth-order valence-corrected chi connectivity index (χ4v) is 3.37. The zero-order valence-corrected chi connectivity index (χ0v) is 14.7. The molecule has 7 heteroatoms. The van der Waals surface area contributed by atoms with Crippen molar-refractivity contribution in [2.24, 2.45) is 0 Å². The maximum absolute atomic E-state index is 4.63. The highest BCUT2D eigenvalue weighted by molar-refractivity contribution is 5.55. The van der Waals surface area contributed by atoms with E-state index in [1.165, 1.54) is 5.56 Å². The quantitative estimate of drug-likeness (QED) is 0.873. The van der Waals surface area contributed by atoms with Crippen LogP contribution in [-0.4, -0.2) is 59.1 Å². The van der Waals surface area contributed by atoms with Crippen molar-refractivity contribution >= 4 is 17.5 Å². The summed E-state index contributed by atoms with van der Waals surface area (Å²) in [6.45, 7) is 9.47. The molecule has 0 radical (unpaired) electrons. The lowest BCUT2D eigenvalue weighted by Gasteiger charge is -2.34. The van der Waals surface area contributed by atoms with Gasteiger partial charge >= 0.3 is 0 Å². The van der Waals surface area contributed by atoms with Crippen LogP contribution in [0.2, 0.25) is 0 Å². The SMILES string of the molecule is CCN1CCN(c2ccc(Nc3ncc4c(n3)CCNC4)cn2)CC1. The fraction of sp³-hybridized carbons (Fsp3) is 0.500. The Morgan fingerprint density at radius 1 is 1.12 bits per heavy atom. The number of anilines is 3. The van der Waals surface area contributed by atoms with Crippen molar-refractivity contribution < 1.29 is 0 Å². The lowest BCUT2D eigenvalue weighted by atomic mass is 10.1. The molecular formula is C18H25N7. The van der Waals surface area contributed by atoms with E-state index in [1.807, 2.05) is 12.4 Å². The fourth-order valence-electron chi connectivity index (χ4n) is 3.37. The van der Waals surface area contributed by atoms with Crippen molar-refractivity contribution in [1.29, 1.82) is 0 Å². The molecule has 25 heavy (non-hydrogen) atoms. The Morgan fingerprint density at radius 2 is 2.00 bits per heavy atom. The highest BCUT2D eigenvalue weighted by Gasteiger charge is 2.16. The molecule has 4 rings (SSSR count). The highest BCUT2D eigenvalue weighted by Crippen LogP contribution is 2.19. The van der Waals surface area contributed by atoms with Gasteiger partial charge in [-0.25, -0.2) is 15.0 Å². The topological polar surface area (TPSA) is 69.2 Å². The number of nitrogens with zero attached hydrogens (tertiary/aromatic N) is 5. The predicted octanol–water partition coefficient (Wildman–Crippen LogP) is 1.40. The number of pyridine rings is 1. The van der Waals surface area contributed by atoms with Crippen LogP contribution in [0.4, 0.5) is 17.5 Å². The summed E-state index contributed by atoms with van der Waals surface area (Å²) >= 11 is 0. The van der Waals surface area contributed by atoms with Gasteiger partial charge in [-0.15, -0.1) is 0 Å². The molecule has 1 saturated heterocycles. The average molecular weight is 339 g/mol. The summed E-state index contributed by atoms with van der Waals surface area (Å²) in [5.41, 5.74) is 3.25. The summed E-state index contributed by atoms with van der Waals surface area (Å²) in [6, 6.07) is 4.13. The van der Waals surface area contributed by atoms with E-state index in [9.17, 15) is 0 Å². The van der Waals surface area contributed by atoms with Crippen LogP contribution in [0.5, 0.6) is 0 Å². The number of piperazine rings is 1. The summed E-state index contributed by atoms with van der Waals surface area (Å²) in [5, 5.41) is 6.60. The Bertz CT molecular complexity index is 708. The minimum absolute atomic E-state index is 0.645. The lowest BCUT2D eigenvalue weighted by molar-refractivity contribution is 0.270. The number of fused-ring (bicyclic) bond motifs is 1. The molecule has 132 valence electrons. The van der Waals surface area contributed by atoms with Gasteiger partial charge in [0.2, 0.25) is 5.95 Å². The third-order valence-electron chi connectivity index (χ3n) is 4.96. The van der Waals surface area contributed by atoms with Crippen molar-refractivity contribution in [3.8, 4) is 0 Å². The van der Waals surface area contributed by atoms with Gasteiger partial charge in [0, 0.05) is 57.4 Å². The number of likely N-dealkylation sites (N-methyl/N-ethyl adjacent to an activating group) is 1. The predicted molar refractivity (Wildman–Crippen MR) is 99.3 cm³/mol. The van der Waals surface area contributed by atoms with Gasteiger partial charge in [-0.1, -0.05) is 6.92 Å². The average Bonchev–Trinajstić information content (AvgIpc) is 2.69. The molecule has 0 aliphatic carbocycles. The Kier molecular flexibility index (Phi) is 4.76. The van der Waals surface area contributed by atoms with Gasteiger partial charge in [-0.05, 0) is 18.7 Å². The van der Waals surface area contributed by atoms with Crippen molar-refractivity contribution in [1.82, 2.24) is 25.2 Å². The van der Waals surface area contributed by atoms with Gasteiger partial charge in [-0.2, -0.15) is 0 Å². The summed E-state index contributed by atoms with van der Waals surface area (Å²) in [7, 11) is 0. The summed E-state index contributed by atoms with van der Waals surface area (Å²) < 4.78 is 0. The normalized spacial score (nSPS) is 18.0. The van der Waals surface area contributed by atoms with Crippen molar-refractivity contribution in [3.05, 3.63) is 35.8 Å². The zero-order chi connectivity index (χ0) is 17.1. The molecule has 7 nitrogen and oxygen atoms in total. The molecule has 0 saturated carbocycles. The van der Waals surface area contributed by atoms with Crippen LogP contribution in [0.25, 0.3) is 0 Å². The molecular weight excluding hydrogens is 314 g/mol. The van der Waals surface area contributed by atoms with E-state index < -0.39 is 0 Å². The molecule has 2 aliphatic rings. The molecule has 2 aromatic heterocycles. The highest BCUT2D eigenvalue weighted by atomic mass is 15.3. The molecule has 0 bridgehead atoms. The first-order valence-corrected chi connectivity index (χ1v) is 9.07. The Labute approximate surface area is 148 Å². The van der Waals surface area contributed by atoms with Gasteiger partial charge in [-0.3, -0.25) is 0 Å². The van der Waals surface area contributed by atoms with E-state index in [4.69, 9.17) is 0 Å². The van der Waals surface area contributed by atoms with Crippen LogP contribution < -0.4 is 15.5 Å². The van der Waals surface area contributed by atoms with E-state index in [-0.39, 0.29) is 0 Å². The molecule has 2 N–H and O–H groups in total. The minimum atomic E-state index is 0.645. The summed E-state index contributed by atoms with van der Waals surface area (Å²) in [6.07, 6.45) is 4.73. The maximum atomic E-state index is 4.63. The number of aromatic nitrogens is 3. The van der Waals surface area contributed by atoms with Gasteiger partial charge in [0.1, 0.15) is 5.82 Å². The van der Waals surface area contributed by atoms with Crippen LogP contribution in [0.3, 0.4) is 0 Å². The second-order valence-electron chi connectivity index (χ2n) is 6.54. The molecule has 4 heterocycles. The first-order chi connectivity index (χ1) is 12.3. The van der Waals surface area contributed by atoms with Gasteiger partial charge in [0.05, 0.1) is 17.6 Å². The molecule has 0 spiro atoms. The van der Waals surface area contributed by atoms with E-state index in [1.54, 1.807) is 0 Å². The first-order valence-electron chi connectivity index (χ1n) is 9.07. The molecule has 0 aromatic carbocycles. The van der Waals surface area contributed by atoms with Gasteiger partial charge in [0.25, 0.3) is 0 Å². The van der Waals surface area contributed by atoms with E-state index in [0.717, 1.165) is 69.4 Å². The van der Waals surface area contributed by atoms with E-state index >= 15 is 0 Å². The maximum Gasteiger partial charge on any atom is 0.227 e. The number of hydrogen-bond donors (Lipinski definition) is 2. The Morgan fingerprint density at radius 3 is 2.76 bits per heavy atom. The number of nitrogens with one attached hydrogen (secondary N) is 2. The minimum Gasteiger partial charge on any atom is -0.354 e. The Hall–Kier alpha value is -2.25. The van der Waals surface area contributed by atoms with Crippen LogP contribution >= 0.6 is 0 Å². The zero-order valence-electron chi connectivity index (χ0n) is 14.7. The lowest BCUT2D eigenvalue weighted by Crippen LogP contribution is -2.46. The summed E-state index contributed by atoms with van der Waals surface area (Å²) in [4.78, 5) is 18.5. The standard InChI is InChI=1S/C18H25N7/c1-2-24-7-9-25(10-8-24)17-4-3-15(13-20-17)22-18-21-12-14-11-19-6-5-16(14)23-18/h3-4,12-13,19H,2,5-11H2,1H3,(H,21,22,23). The third kappa shape index (κ3) is 3.72. The molecule has 2 aliphatic heterocycles. The molecule has 1 fully saturated rings. The van der Waals surface area contributed by atoms with Crippen LogP contribution in [0, 0.1) is 0 Å². The van der Waals surface area contributed by atoms with Crippen LogP contribution in [-0.2, 0) is 13.0 Å². The summed E-state index contributed by atoms with van der Waals surface area (Å²) in [5.74, 6) is 1.69. The van der Waals surface area contributed by atoms with Crippen molar-refractivity contribution in [2.45, 2.75) is 19.9 Å². The van der Waals surface area contributed by atoms with Gasteiger partial charge in [0.15, 0.2) is 0 Å². The monoisotopic (exact) mass is 339 g/mol. The molecule has 2 aromatic rings. The number of hydrogen-bond acceptors (Lipinski definition) is 7. The van der Waals surface area contributed by atoms with E-state index in [0.29, 0.717) is 5.95 Å². The Balaban J connectivity index is 1.41. The van der Waals surface area contributed by atoms with Crippen LogP contribution in [0.1, 0.15) is 18.2 Å². The third-order valence-corrected chi connectivity index (χ3v) is 4.96. The second kappa shape index (κ2) is 7.33. The van der Waals surface area contributed by atoms with Crippen molar-refractivity contribution in [3.63, 3.8) is 0 Å².